The van der Waals surface area contributed by atoms with Crippen molar-refractivity contribution in [3.8, 4) is 0 Å². The smallest absolute Gasteiger partial charge is 0.00803 e. The average Bonchev–Trinajstić information content (AvgIpc) is 2.48. The minimum Gasteiger partial charge on any atom is -0.330 e. The second kappa shape index (κ2) is 4.63. The van der Waals surface area contributed by atoms with Crippen LogP contribution in [0.5, 0.6) is 0 Å². The Morgan fingerprint density at radius 2 is 2.25 bits per heavy atom. The van der Waals surface area contributed by atoms with Crippen molar-refractivity contribution in [1.29, 1.82) is 0 Å². The van der Waals surface area contributed by atoms with Gasteiger partial charge < -0.3 is 5.73 Å². The molecule has 0 radical (unpaired) electrons. The van der Waals surface area contributed by atoms with Crippen molar-refractivity contribution in [3.63, 3.8) is 0 Å². The van der Waals surface area contributed by atoms with Crippen LogP contribution in [0, 0.1) is 0 Å². The Kier molecular flexibility index (Phi) is 3.76. The molecule has 2 N–H and O–H groups in total. The van der Waals surface area contributed by atoms with Gasteiger partial charge in [-0.05, 0) is 42.3 Å². The van der Waals surface area contributed by atoms with Crippen molar-refractivity contribution < 1.29 is 0 Å². The maximum atomic E-state index is 5.48. The monoisotopic (exact) mass is 183 g/mol. The van der Waals surface area contributed by atoms with Crippen molar-refractivity contribution in [2.45, 2.75) is 32.6 Å². The van der Waals surface area contributed by atoms with Crippen LogP contribution in [-0.2, 0) is 6.42 Å². The van der Waals surface area contributed by atoms with Crippen molar-refractivity contribution in [3.05, 3.63) is 21.9 Å². The molecule has 1 aromatic rings. The van der Waals surface area contributed by atoms with Gasteiger partial charge in [0.15, 0.2) is 0 Å². The molecule has 0 aliphatic carbocycles. The number of aryl methyl sites for hydroxylation is 1. The number of nitrogens with two attached hydrogens (primary N) is 1. The zero-order valence-electron chi connectivity index (χ0n) is 7.84. The number of hydrogen-bond acceptors (Lipinski definition) is 2. The van der Waals surface area contributed by atoms with Crippen LogP contribution in [0.3, 0.4) is 0 Å². The average molecular weight is 183 g/mol. The molecule has 0 aliphatic rings. The highest BCUT2D eigenvalue weighted by Crippen LogP contribution is 2.25. The van der Waals surface area contributed by atoms with E-state index in [4.69, 9.17) is 5.73 Å². The van der Waals surface area contributed by atoms with Gasteiger partial charge in [0.2, 0.25) is 0 Å². The second-order valence-electron chi connectivity index (χ2n) is 3.35. The third kappa shape index (κ3) is 2.32. The normalized spacial score (nSPS) is 11.0. The summed E-state index contributed by atoms with van der Waals surface area (Å²) in [5, 5.41) is 2.18. The molecule has 1 aromatic heterocycles. The van der Waals surface area contributed by atoms with E-state index >= 15 is 0 Å². The molecule has 68 valence electrons. The molecule has 0 spiro atoms. The van der Waals surface area contributed by atoms with E-state index in [9.17, 15) is 0 Å². The van der Waals surface area contributed by atoms with Crippen LogP contribution in [0.25, 0.3) is 0 Å². The fourth-order valence-corrected chi connectivity index (χ4v) is 2.41. The molecular weight excluding hydrogens is 166 g/mol. The van der Waals surface area contributed by atoms with E-state index in [2.05, 4.69) is 25.3 Å². The Morgan fingerprint density at radius 3 is 2.83 bits per heavy atom. The first kappa shape index (κ1) is 9.75. The molecule has 1 nitrogen and oxygen atoms in total. The van der Waals surface area contributed by atoms with Gasteiger partial charge in [0, 0.05) is 4.88 Å². The highest BCUT2D eigenvalue weighted by Gasteiger charge is 2.06. The summed E-state index contributed by atoms with van der Waals surface area (Å²) in [5.41, 5.74) is 6.98. The Hall–Kier alpha value is -0.340. The zero-order valence-corrected chi connectivity index (χ0v) is 8.66. The predicted octanol–water partition coefficient (Wildman–Crippen LogP) is 2.76. The zero-order chi connectivity index (χ0) is 8.97. The van der Waals surface area contributed by atoms with Gasteiger partial charge >= 0.3 is 0 Å². The lowest BCUT2D eigenvalue weighted by Gasteiger charge is -2.05. The van der Waals surface area contributed by atoms with E-state index in [1.807, 2.05) is 11.3 Å². The summed E-state index contributed by atoms with van der Waals surface area (Å²) in [4.78, 5) is 1.52. The molecule has 0 aromatic carbocycles. The quantitative estimate of drug-likeness (QED) is 0.763. The summed E-state index contributed by atoms with van der Waals surface area (Å²) in [6.07, 6.45) is 2.27. The third-order valence-corrected chi connectivity index (χ3v) is 3.01. The van der Waals surface area contributed by atoms with Crippen molar-refractivity contribution in [1.82, 2.24) is 0 Å². The largest absolute Gasteiger partial charge is 0.330 e. The van der Waals surface area contributed by atoms with Gasteiger partial charge in [0.1, 0.15) is 0 Å². The molecule has 0 unspecified atom stereocenters. The first-order valence-corrected chi connectivity index (χ1v) is 5.40. The minimum atomic E-state index is 0.657. The fraction of sp³-hybridized carbons (Fsp3) is 0.600. The number of hydrogen-bond donors (Lipinski definition) is 1. The summed E-state index contributed by atoms with van der Waals surface area (Å²) >= 11 is 1.86. The topological polar surface area (TPSA) is 26.0 Å². The van der Waals surface area contributed by atoms with Gasteiger partial charge in [-0.15, -0.1) is 11.3 Å². The van der Waals surface area contributed by atoms with E-state index in [0.29, 0.717) is 5.92 Å². The Bertz CT molecular complexity index is 227. The lowest BCUT2D eigenvalue weighted by Crippen LogP contribution is -2.00. The van der Waals surface area contributed by atoms with E-state index in [1.165, 1.54) is 10.4 Å². The van der Waals surface area contributed by atoms with Crippen LogP contribution < -0.4 is 5.73 Å². The first-order valence-electron chi connectivity index (χ1n) is 4.52. The molecule has 1 heterocycles. The van der Waals surface area contributed by atoms with Gasteiger partial charge in [-0.2, -0.15) is 0 Å². The van der Waals surface area contributed by atoms with Gasteiger partial charge in [-0.25, -0.2) is 0 Å². The fourth-order valence-electron chi connectivity index (χ4n) is 1.33. The molecule has 0 amide bonds. The van der Waals surface area contributed by atoms with E-state index in [0.717, 1.165) is 19.4 Å². The van der Waals surface area contributed by atoms with E-state index < -0.39 is 0 Å². The molecule has 0 aliphatic heterocycles. The lowest BCUT2D eigenvalue weighted by molar-refractivity contribution is 0.805. The maximum Gasteiger partial charge on any atom is 0.00803 e. The highest BCUT2D eigenvalue weighted by molar-refractivity contribution is 7.10. The summed E-state index contributed by atoms with van der Waals surface area (Å²) in [6, 6.07) is 2.24. The van der Waals surface area contributed by atoms with Crippen molar-refractivity contribution in [2.24, 2.45) is 5.73 Å². The van der Waals surface area contributed by atoms with Crippen LogP contribution in [-0.4, -0.2) is 6.54 Å². The lowest BCUT2D eigenvalue weighted by atomic mass is 10.0. The minimum absolute atomic E-state index is 0.657. The van der Waals surface area contributed by atoms with Gasteiger partial charge in [0.05, 0.1) is 0 Å². The summed E-state index contributed by atoms with van der Waals surface area (Å²) < 4.78 is 0. The molecule has 12 heavy (non-hydrogen) atoms. The summed E-state index contributed by atoms with van der Waals surface area (Å²) in [5.74, 6) is 0.657. The highest BCUT2D eigenvalue weighted by atomic mass is 32.1. The predicted molar refractivity (Wildman–Crippen MR) is 55.8 cm³/mol. The molecule has 0 atom stereocenters. The SMILES string of the molecule is CC(C)c1ccsc1CCCN. The van der Waals surface area contributed by atoms with Crippen LogP contribution in [0.2, 0.25) is 0 Å². The molecule has 2 heteroatoms. The Labute approximate surface area is 78.6 Å². The third-order valence-electron chi connectivity index (χ3n) is 2.01. The van der Waals surface area contributed by atoms with E-state index in [1.54, 1.807) is 0 Å². The van der Waals surface area contributed by atoms with Crippen LogP contribution in [0.15, 0.2) is 11.4 Å². The maximum absolute atomic E-state index is 5.48. The van der Waals surface area contributed by atoms with Crippen molar-refractivity contribution in [2.75, 3.05) is 6.54 Å². The van der Waals surface area contributed by atoms with Crippen LogP contribution >= 0.6 is 11.3 Å². The van der Waals surface area contributed by atoms with Gasteiger partial charge in [-0.3, -0.25) is 0 Å². The summed E-state index contributed by atoms with van der Waals surface area (Å²) in [7, 11) is 0. The molecular formula is C10H17NS. The number of thiophene rings is 1. The molecule has 0 bridgehead atoms. The number of rotatable bonds is 4. The van der Waals surface area contributed by atoms with Gasteiger partial charge in [0.25, 0.3) is 0 Å². The molecule has 0 saturated heterocycles. The standard InChI is InChI=1S/C10H17NS/c1-8(2)9-5-7-12-10(9)4-3-6-11/h5,7-8H,3-4,6,11H2,1-2H3. The van der Waals surface area contributed by atoms with Crippen LogP contribution in [0.1, 0.15) is 36.6 Å². The summed E-state index contributed by atoms with van der Waals surface area (Å²) in [6.45, 7) is 5.29. The van der Waals surface area contributed by atoms with Crippen molar-refractivity contribution >= 4 is 11.3 Å². The van der Waals surface area contributed by atoms with Gasteiger partial charge in [-0.1, -0.05) is 13.8 Å². The van der Waals surface area contributed by atoms with E-state index in [-0.39, 0.29) is 0 Å². The Balaban J connectivity index is 2.64. The molecule has 1 rings (SSSR count). The second-order valence-corrected chi connectivity index (χ2v) is 4.35. The first-order chi connectivity index (χ1) is 5.75. The molecule has 0 saturated carbocycles. The Morgan fingerprint density at radius 1 is 1.50 bits per heavy atom. The molecule has 0 fully saturated rings. The van der Waals surface area contributed by atoms with Crippen LogP contribution in [0.4, 0.5) is 0 Å².